The molecule has 4 aromatic rings. The molecule has 0 fully saturated rings. The fraction of sp³-hybridized carbons (Fsp3) is 0. The number of fused-ring (bicyclic) bond motifs is 3. The molecule has 7 nitrogen and oxygen atoms in total. The SMILES string of the molecule is Nc1ccc(-n2nc3cc(S(=O)(=O)O)c4ccccc4c3n2)cc1.[H-].[Na+]. The van der Waals surface area contributed by atoms with Crippen LogP contribution in [0.3, 0.4) is 0 Å². The maximum absolute atomic E-state index is 11.7. The van der Waals surface area contributed by atoms with Crippen molar-refractivity contribution in [2.75, 3.05) is 5.73 Å². The second kappa shape index (κ2) is 6.40. The van der Waals surface area contributed by atoms with E-state index >= 15 is 0 Å². The zero-order chi connectivity index (χ0) is 16.9. The Bertz CT molecular complexity index is 1190. The maximum atomic E-state index is 11.7. The molecule has 0 amide bonds. The molecular weight excluding hydrogens is 351 g/mol. The van der Waals surface area contributed by atoms with E-state index in [1.165, 1.54) is 10.9 Å². The predicted molar refractivity (Wildman–Crippen MR) is 91.7 cm³/mol. The largest absolute Gasteiger partial charge is 1.00 e. The van der Waals surface area contributed by atoms with Gasteiger partial charge in [-0.05, 0) is 30.3 Å². The summed E-state index contributed by atoms with van der Waals surface area (Å²) in [7, 11) is -4.38. The van der Waals surface area contributed by atoms with E-state index in [0.29, 0.717) is 33.2 Å². The summed E-state index contributed by atoms with van der Waals surface area (Å²) in [5, 5.41) is 9.78. The first-order valence-electron chi connectivity index (χ1n) is 7.06. The average molecular weight is 364 g/mol. The van der Waals surface area contributed by atoms with Crippen LogP contribution >= 0.6 is 0 Å². The Kier molecular flexibility index (Phi) is 4.56. The quantitative estimate of drug-likeness (QED) is 0.282. The number of hydrogen-bond acceptors (Lipinski definition) is 5. The van der Waals surface area contributed by atoms with Crippen LogP contribution in [-0.4, -0.2) is 28.0 Å². The molecule has 1 heterocycles. The molecule has 0 aliphatic carbocycles. The number of rotatable bonds is 2. The standard InChI is InChI=1S/C16H12N4O3S.Na.H/c17-10-5-7-11(8-6-10)20-18-14-9-15(24(21,22)23)12-3-1-2-4-13(12)16(14)19-20;;/h1-9H,17H2,(H,21,22,23);;/q;+1;-1. The number of aromatic nitrogens is 3. The molecular formula is C16H13N4NaO3S. The van der Waals surface area contributed by atoms with Crippen LogP contribution in [0, 0.1) is 0 Å². The van der Waals surface area contributed by atoms with Crippen molar-refractivity contribution in [1.82, 2.24) is 15.0 Å². The average Bonchev–Trinajstić information content (AvgIpc) is 2.98. The van der Waals surface area contributed by atoms with Crippen molar-refractivity contribution in [2.24, 2.45) is 0 Å². The second-order valence-electron chi connectivity index (χ2n) is 5.34. The van der Waals surface area contributed by atoms with Gasteiger partial charge in [-0.3, -0.25) is 4.55 Å². The minimum Gasteiger partial charge on any atom is -1.00 e. The van der Waals surface area contributed by atoms with Crippen LogP contribution < -0.4 is 35.3 Å². The van der Waals surface area contributed by atoms with Crippen LogP contribution in [0.15, 0.2) is 59.5 Å². The molecule has 0 saturated carbocycles. The van der Waals surface area contributed by atoms with Crippen molar-refractivity contribution in [2.45, 2.75) is 4.90 Å². The molecule has 4 rings (SSSR count). The minimum atomic E-state index is -4.38. The summed E-state index contributed by atoms with van der Waals surface area (Å²) < 4.78 is 32.9. The molecule has 0 bridgehead atoms. The van der Waals surface area contributed by atoms with Gasteiger partial charge in [-0.1, -0.05) is 24.3 Å². The van der Waals surface area contributed by atoms with E-state index in [2.05, 4.69) is 10.2 Å². The smallest absolute Gasteiger partial charge is 1.00 e. The number of benzene rings is 3. The number of hydrogen-bond donors (Lipinski definition) is 2. The summed E-state index contributed by atoms with van der Waals surface area (Å²) in [5.41, 5.74) is 7.91. The molecule has 0 aliphatic heterocycles. The van der Waals surface area contributed by atoms with E-state index in [-0.39, 0.29) is 35.9 Å². The molecule has 0 saturated heterocycles. The Hall–Kier alpha value is -1.97. The summed E-state index contributed by atoms with van der Waals surface area (Å²) >= 11 is 0. The molecule has 0 radical (unpaired) electrons. The van der Waals surface area contributed by atoms with E-state index in [1.54, 1.807) is 48.5 Å². The van der Waals surface area contributed by atoms with E-state index in [4.69, 9.17) is 5.73 Å². The zero-order valence-corrected chi connectivity index (χ0v) is 16.1. The van der Waals surface area contributed by atoms with E-state index in [0.717, 1.165) is 0 Å². The molecule has 1 aromatic heterocycles. The molecule has 0 spiro atoms. The summed E-state index contributed by atoms with van der Waals surface area (Å²) in [6.45, 7) is 0. The van der Waals surface area contributed by atoms with Crippen LogP contribution in [0.5, 0.6) is 0 Å². The fourth-order valence-electron chi connectivity index (χ4n) is 2.65. The molecule has 0 unspecified atom stereocenters. The Labute approximate surface area is 167 Å². The van der Waals surface area contributed by atoms with Gasteiger partial charge < -0.3 is 7.16 Å². The van der Waals surface area contributed by atoms with Crippen molar-refractivity contribution < 1.29 is 44.0 Å². The van der Waals surface area contributed by atoms with Gasteiger partial charge in [0.15, 0.2) is 0 Å². The Morgan fingerprint density at radius 1 is 1.00 bits per heavy atom. The molecule has 0 aliphatic rings. The fourth-order valence-corrected chi connectivity index (χ4v) is 3.37. The maximum Gasteiger partial charge on any atom is 1.00 e. The molecule has 3 N–H and O–H groups in total. The number of nitrogens with two attached hydrogens (primary N) is 1. The summed E-state index contributed by atoms with van der Waals surface area (Å²) in [6, 6.07) is 15.2. The van der Waals surface area contributed by atoms with Gasteiger partial charge in [0.2, 0.25) is 0 Å². The van der Waals surface area contributed by atoms with Gasteiger partial charge in [0, 0.05) is 16.5 Å². The first-order chi connectivity index (χ1) is 11.4. The molecule has 9 heteroatoms. The zero-order valence-electron chi connectivity index (χ0n) is 14.3. The van der Waals surface area contributed by atoms with Crippen molar-refractivity contribution in [3.8, 4) is 5.69 Å². The number of anilines is 1. The monoisotopic (exact) mass is 364 g/mol. The summed E-state index contributed by atoms with van der Waals surface area (Å²) in [6.07, 6.45) is 0. The van der Waals surface area contributed by atoms with Gasteiger partial charge in [0.25, 0.3) is 10.1 Å². The van der Waals surface area contributed by atoms with Gasteiger partial charge in [0.1, 0.15) is 15.9 Å². The van der Waals surface area contributed by atoms with Crippen LogP contribution in [0.2, 0.25) is 0 Å². The third kappa shape index (κ3) is 3.14. The van der Waals surface area contributed by atoms with Crippen molar-refractivity contribution in [1.29, 1.82) is 0 Å². The molecule has 122 valence electrons. The normalized spacial score (nSPS) is 11.6. The Morgan fingerprint density at radius 3 is 2.28 bits per heavy atom. The second-order valence-corrected chi connectivity index (χ2v) is 6.73. The first-order valence-corrected chi connectivity index (χ1v) is 8.50. The van der Waals surface area contributed by atoms with Gasteiger partial charge in [-0.25, -0.2) is 0 Å². The topological polar surface area (TPSA) is 111 Å². The van der Waals surface area contributed by atoms with Gasteiger partial charge in [-0.15, -0.1) is 10.2 Å². The Morgan fingerprint density at radius 2 is 1.64 bits per heavy atom. The predicted octanol–water partition coefficient (Wildman–Crippen LogP) is -0.481. The molecule has 0 atom stereocenters. The van der Waals surface area contributed by atoms with Gasteiger partial charge in [-0.2, -0.15) is 13.2 Å². The summed E-state index contributed by atoms with van der Waals surface area (Å²) in [5.74, 6) is 0. The summed E-state index contributed by atoms with van der Waals surface area (Å²) in [4.78, 5) is 1.22. The van der Waals surface area contributed by atoms with E-state index in [9.17, 15) is 13.0 Å². The Balaban J connectivity index is 0.00000121. The van der Waals surface area contributed by atoms with Gasteiger partial charge in [0.05, 0.1) is 5.69 Å². The van der Waals surface area contributed by atoms with Crippen LogP contribution in [0.1, 0.15) is 1.43 Å². The third-order valence-electron chi connectivity index (χ3n) is 3.76. The van der Waals surface area contributed by atoms with Crippen LogP contribution in [0.4, 0.5) is 5.69 Å². The van der Waals surface area contributed by atoms with Crippen LogP contribution in [-0.2, 0) is 10.1 Å². The van der Waals surface area contributed by atoms with Crippen LogP contribution in [0.25, 0.3) is 27.5 Å². The molecule has 25 heavy (non-hydrogen) atoms. The van der Waals surface area contributed by atoms with Crippen molar-refractivity contribution in [3.05, 3.63) is 54.6 Å². The van der Waals surface area contributed by atoms with Crippen molar-refractivity contribution in [3.63, 3.8) is 0 Å². The minimum absolute atomic E-state index is 0. The number of nitrogen functional groups attached to an aromatic ring is 1. The van der Waals surface area contributed by atoms with Crippen molar-refractivity contribution >= 4 is 37.6 Å². The number of nitrogens with zero attached hydrogens (tertiary/aromatic N) is 3. The van der Waals surface area contributed by atoms with Gasteiger partial charge >= 0.3 is 29.6 Å². The molecule has 3 aromatic carbocycles. The van der Waals surface area contributed by atoms with E-state index < -0.39 is 10.1 Å². The third-order valence-corrected chi connectivity index (χ3v) is 4.65. The van der Waals surface area contributed by atoms with E-state index in [1.807, 2.05) is 0 Å². The first kappa shape index (κ1) is 17.8.